The molecule has 0 radical (unpaired) electrons. The number of hydrogen-bond donors (Lipinski definition) is 3. The predicted molar refractivity (Wildman–Crippen MR) is 124 cm³/mol. The van der Waals surface area contributed by atoms with Gasteiger partial charge in [0, 0.05) is 6.54 Å². The molecule has 1 aromatic carbocycles. The highest BCUT2D eigenvalue weighted by Crippen LogP contribution is 2.37. The Hall–Kier alpha value is -3.17. The van der Waals surface area contributed by atoms with Crippen molar-refractivity contribution in [3.8, 4) is 22.1 Å². The lowest BCUT2D eigenvalue weighted by Gasteiger charge is -2.23. The van der Waals surface area contributed by atoms with E-state index in [1.807, 2.05) is 28.1 Å². The molecule has 2 aromatic heterocycles. The molecule has 0 atom stereocenters. The average Bonchev–Trinajstić information content (AvgIpc) is 3.43. The Morgan fingerprint density at radius 3 is 2.66 bits per heavy atom. The second-order valence-corrected chi connectivity index (χ2v) is 9.89. The number of amides is 2. The molecule has 0 saturated heterocycles. The van der Waals surface area contributed by atoms with E-state index in [4.69, 9.17) is 15.6 Å². The lowest BCUT2D eigenvalue weighted by Crippen LogP contribution is -2.33. The van der Waals surface area contributed by atoms with Crippen molar-refractivity contribution >= 4 is 23.2 Å². The number of ether oxygens (including phenoxy) is 1. The highest BCUT2D eigenvalue weighted by molar-refractivity contribution is 7.13. The molecule has 0 unspecified atom stereocenters. The summed E-state index contributed by atoms with van der Waals surface area (Å²) in [4.78, 5) is 31.2. The van der Waals surface area contributed by atoms with Gasteiger partial charge in [0.1, 0.15) is 11.4 Å². The van der Waals surface area contributed by atoms with E-state index < -0.39 is 5.91 Å². The third-order valence-electron chi connectivity index (χ3n) is 5.36. The number of imidazole rings is 1. The molecule has 2 amide bonds. The monoisotopic (exact) mass is 453 g/mol. The minimum atomic E-state index is -0.447. The molecule has 4 rings (SSSR count). The molecule has 9 heteroatoms. The maximum Gasteiger partial charge on any atom is 0.271 e. The molecule has 1 aliphatic rings. The van der Waals surface area contributed by atoms with Crippen LogP contribution in [0.2, 0.25) is 0 Å². The first-order valence-electron chi connectivity index (χ1n) is 10.4. The summed E-state index contributed by atoms with van der Waals surface area (Å²) in [5.74, 6) is 5.89. The van der Waals surface area contributed by atoms with Crippen LogP contribution in [0.1, 0.15) is 52.9 Å². The number of nitrogens with two attached hydrogens (primary N) is 1. The number of hydrogen-bond acceptors (Lipinski definition) is 6. The van der Waals surface area contributed by atoms with E-state index in [0.29, 0.717) is 42.2 Å². The van der Waals surface area contributed by atoms with Gasteiger partial charge in [-0.15, -0.1) is 11.3 Å². The molecule has 8 nitrogen and oxygen atoms in total. The molecular weight excluding hydrogens is 426 g/mol. The first kappa shape index (κ1) is 22.0. The number of rotatable bonds is 5. The van der Waals surface area contributed by atoms with Gasteiger partial charge in [0.2, 0.25) is 0 Å². The van der Waals surface area contributed by atoms with Crippen LogP contribution in [0.3, 0.4) is 0 Å². The second kappa shape index (κ2) is 8.40. The number of thiophene rings is 1. The number of methoxy groups -OCH3 is 1. The van der Waals surface area contributed by atoms with Gasteiger partial charge in [-0.3, -0.25) is 19.6 Å². The normalized spacial score (nSPS) is 12.7. The maximum atomic E-state index is 13.1. The molecule has 3 heterocycles. The molecular formula is C23H27N5O3S. The third kappa shape index (κ3) is 4.01. The van der Waals surface area contributed by atoms with Gasteiger partial charge in [0.05, 0.1) is 28.9 Å². The van der Waals surface area contributed by atoms with Gasteiger partial charge < -0.3 is 10.1 Å². The number of carbonyl (C=O) groups excluding carboxylic acids is 2. The van der Waals surface area contributed by atoms with Gasteiger partial charge in [0.25, 0.3) is 11.8 Å². The van der Waals surface area contributed by atoms with Crippen LogP contribution in [0.5, 0.6) is 5.75 Å². The zero-order valence-electron chi connectivity index (χ0n) is 18.6. The van der Waals surface area contributed by atoms with E-state index in [1.54, 1.807) is 17.4 Å². The lowest BCUT2D eigenvalue weighted by molar-refractivity contribution is 0.0930. The Morgan fingerprint density at radius 1 is 1.25 bits per heavy atom. The standard InChI is InChI=1S/C23H27N5O3S/c1-23(2,3)12-25-22(30)19-15-8-7-13-10-17(31-4)14(21(29)27-24)11-16(13)28(15)20(26-19)18-6-5-9-32-18/h5-6,9-11H,7-8,12,24H2,1-4H3,(H,25,30)(H,27,29). The van der Waals surface area contributed by atoms with Gasteiger partial charge in [-0.25, -0.2) is 10.8 Å². The first-order chi connectivity index (χ1) is 15.2. The van der Waals surface area contributed by atoms with E-state index in [1.165, 1.54) is 7.11 Å². The van der Waals surface area contributed by atoms with Gasteiger partial charge in [-0.2, -0.15) is 0 Å². The predicted octanol–water partition coefficient (Wildman–Crippen LogP) is 3.09. The highest BCUT2D eigenvalue weighted by Gasteiger charge is 2.30. The fraction of sp³-hybridized carbons (Fsp3) is 0.348. The zero-order chi connectivity index (χ0) is 23.0. The quantitative estimate of drug-likeness (QED) is 0.312. The average molecular weight is 454 g/mol. The Bertz CT molecular complexity index is 1180. The molecule has 0 saturated carbocycles. The summed E-state index contributed by atoms with van der Waals surface area (Å²) in [6.07, 6.45) is 1.35. The number of aromatic nitrogens is 2. The van der Waals surface area contributed by atoms with Gasteiger partial charge in [0.15, 0.2) is 5.82 Å². The fourth-order valence-electron chi connectivity index (χ4n) is 3.82. The molecule has 0 aliphatic carbocycles. The highest BCUT2D eigenvalue weighted by atomic mass is 32.1. The molecule has 3 aromatic rings. The van der Waals surface area contributed by atoms with Crippen LogP contribution >= 0.6 is 11.3 Å². The van der Waals surface area contributed by atoms with Gasteiger partial charge in [-0.05, 0) is 47.4 Å². The first-order valence-corrected chi connectivity index (χ1v) is 11.3. The van der Waals surface area contributed by atoms with Crippen LogP contribution in [-0.4, -0.2) is 35.0 Å². The van der Waals surface area contributed by atoms with Crippen molar-refractivity contribution in [2.24, 2.45) is 11.3 Å². The minimum Gasteiger partial charge on any atom is -0.496 e. The van der Waals surface area contributed by atoms with Gasteiger partial charge in [-0.1, -0.05) is 26.8 Å². The van der Waals surface area contributed by atoms with Crippen molar-refractivity contribution in [2.75, 3.05) is 13.7 Å². The fourth-order valence-corrected chi connectivity index (χ4v) is 4.53. The zero-order valence-corrected chi connectivity index (χ0v) is 19.4. The van der Waals surface area contributed by atoms with Crippen LogP contribution in [0.4, 0.5) is 0 Å². The number of nitrogens with zero attached hydrogens (tertiary/aromatic N) is 2. The number of aryl methyl sites for hydroxylation is 1. The van der Waals surface area contributed by atoms with Crippen molar-refractivity contribution in [2.45, 2.75) is 33.6 Å². The molecule has 4 N–H and O–H groups in total. The van der Waals surface area contributed by atoms with E-state index >= 15 is 0 Å². The van der Waals surface area contributed by atoms with Gasteiger partial charge >= 0.3 is 0 Å². The number of carbonyl (C=O) groups is 2. The molecule has 0 bridgehead atoms. The molecule has 0 spiro atoms. The number of nitrogens with one attached hydrogen (secondary N) is 2. The van der Waals surface area contributed by atoms with Crippen LogP contribution in [0, 0.1) is 5.41 Å². The Labute approximate surface area is 190 Å². The lowest BCUT2D eigenvalue weighted by atomic mass is 9.96. The van der Waals surface area contributed by atoms with Crippen molar-refractivity contribution < 1.29 is 14.3 Å². The van der Waals surface area contributed by atoms with E-state index in [0.717, 1.165) is 21.8 Å². The summed E-state index contributed by atoms with van der Waals surface area (Å²) < 4.78 is 7.42. The summed E-state index contributed by atoms with van der Waals surface area (Å²) >= 11 is 1.55. The largest absolute Gasteiger partial charge is 0.496 e. The Balaban J connectivity index is 1.89. The number of hydrazine groups is 1. The second-order valence-electron chi connectivity index (χ2n) is 8.94. The Kier molecular flexibility index (Phi) is 5.79. The van der Waals surface area contributed by atoms with E-state index in [-0.39, 0.29) is 11.3 Å². The van der Waals surface area contributed by atoms with E-state index in [9.17, 15) is 9.59 Å². The maximum absolute atomic E-state index is 13.1. The summed E-state index contributed by atoms with van der Waals surface area (Å²) in [6, 6.07) is 7.55. The topological polar surface area (TPSA) is 111 Å². The summed E-state index contributed by atoms with van der Waals surface area (Å²) in [7, 11) is 1.52. The molecule has 32 heavy (non-hydrogen) atoms. The third-order valence-corrected chi connectivity index (χ3v) is 6.22. The molecule has 168 valence electrons. The van der Waals surface area contributed by atoms with Crippen molar-refractivity contribution in [3.05, 3.63) is 52.2 Å². The molecule has 0 fully saturated rings. The van der Waals surface area contributed by atoms with E-state index in [2.05, 4.69) is 31.5 Å². The minimum absolute atomic E-state index is 0.0420. The SMILES string of the molecule is COc1cc2c(cc1C(=O)NN)-n1c(-c3cccs3)nc(C(=O)NCC(C)(C)C)c1CC2. The van der Waals surface area contributed by atoms with Crippen LogP contribution in [0.15, 0.2) is 29.6 Å². The molecule has 1 aliphatic heterocycles. The Morgan fingerprint density at radius 2 is 2.03 bits per heavy atom. The summed E-state index contributed by atoms with van der Waals surface area (Å²) in [5, 5.41) is 4.99. The summed E-state index contributed by atoms with van der Waals surface area (Å²) in [5.41, 5.74) is 5.53. The smallest absolute Gasteiger partial charge is 0.271 e. The van der Waals surface area contributed by atoms with Crippen LogP contribution in [-0.2, 0) is 12.8 Å². The van der Waals surface area contributed by atoms with Crippen LogP contribution < -0.4 is 21.3 Å². The van der Waals surface area contributed by atoms with Crippen molar-refractivity contribution in [3.63, 3.8) is 0 Å². The number of nitrogen functional groups attached to an aromatic ring is 1. The number of fused-ring (bicyclic) bond motifs is 3. The van der Waals surface area contributed by atoms with Crippen LogP contribution in [0.25, 0.3) is 16.4 Å². The van der Waals surface area contributed by atoms with Crippen molar-refractivity contribution in [1.82, 2.24) is 20.3 Å². The summed E-state index contributed by atoms with van der Waals surface area (Å²) in [6.45, 7) is 6.75. The van der Waals surface area contributed by atoms with Crippen molar-refractivity contribution in [1.29, 1.82) is 0 Å². The number of benzene rings is 1.